The number of ketones is 2. The summed E-state index contributed by atoms with van der Waals surface area (Å²) < 4.78 is 21.7. The Morgan fingerprint density at radius 2 is 1.05 bits per heavy atom. The molecule has 0 aliphatic rings. The van der Waals surface area contributed by atoms with E-state index >= 15 is 0 Å². The predicted octanol–water partition coefficient (Wildman–Crippen LogP) is 1.71. The monoisotopic (exact) mass is 352 g/mol. The molecule has 0 spiro atoms. The third-order valence-electron chi connectivity index (χ3n) is 2.68. The molecule has 0 saturated carbocycles. The van der Waals surface area contributed by atoms with Gasteiger partial charge in [0.15, 0.2) is 0 Å². The molecule has 0 atom stereocenters. The molecule has 0 bridgehead atoms. The third-order valence-corrected chi connectivity index (χ3v) is 9.05. The van der Waals surface area contributed by atoms with Crippen molar-refractivity contribution in [1.82, 2.24) is 0 Å². The normalized spacial score (nSPS) is 12.6. The van der Waals surface area contributed by atoms with Crippen molar-refractivity contribution in [2.75, 3.05) is 0 Å². The van der Waals surface area contributed by atoms with Crippen molar-refractivity contribution in [1.29, 1.82) is 0 Å². The summed E-state index contributed by atoms with van der Waals surface area (Å²) in [6.07, 6.45) is -2.96. The van der Waals surface area contributed by atoms with Crippen LogP contribution in [0.15, 0.2) is 0 Å². The molecule has 0 unspecified atom stereocenters. The molecular weight excluding hydrogens is 328 g/mol. The summed E-state index contributed by atoms with van der Waals surface area (Å²) >= 11 is -6.57. The molecule has 0 N–H and O–H groups in total. The van der Waals surface area contributed by atoms with Gasteiger partial charge in [-0.1, -0.05) is 0 Å². The standard InChI is InChI=1S/2C4H5O2.2C3H7O.O.Ti/c2*1-4(6)2-3-5;2*1-3(2)4;;/h2*2H2,1H3;2*3H,1-2H3;;/q;;2*-1;;+2. The molecule has 0 aliphatic heterocycles. The number of rotatable bonds is 10. The molecule has 0 fully saturated rings. The topological polar surface area (TPSA) is 104 Å². The first-order valence-electron chi connectivity index (χ1n) is 7.12. The van der Waals surface area contributed by atoms with Crippen molar-refractivity contribution in [3.63, 3.8) is 0 Å². The van der Waals surface area contributed by atoms with Gasteiger partial charge in [-0.05, 0) is 0 Å². The number of hydrogen-bond acceptors (Lipinski definition) is 7. The van der Waals surface area contributed by atoms with Gasteiger partial charge in [0.2, 0.25) is 0 Å². The zero-order valence-corrected chi connectivity index (χ0v) is 15.5. The molecule has 0 aliphatic carbocycles. The second kappa shape index (κ2) is 7.59. The van der Waals surface area contributed by atoms with Crippen LogP contribution in [-0.4, -0.2) is 32.0 Å². The molecule has 0 rings (SSSR count). The first-order valence-corrected chi connectivity index (χ1v) is 10.6. The van der Waals surface area contributed by atoms with Gasteiger partial charge < -0.3 is 0 Å². The average Bonchev–Trinajstić information content (AvgIpc) is 2.24. The molecule has 0 aromatic heterocycles. The van der Waals surface area contributed by atoms with Gasteiger partial charge in [-0.15, -0.1) is 0 Å². The van der Waals surface area contributed by atoms with Gasteiger partial charge in [-0.3, -0.25) is 0 Å². The fourth-order valence-electron chi connectivity index (χ4n) is 2.06. The van der Waals surface area contributed by atoms with Crippen LogP contribution < -0.4 is 0 Å². The van der Waals surface area contributed by atoms with E-state index in [0.29, 0.717) is 0 Å². The van der Waals surface area contributed by atoms with E-state index in [1.54, 1.807) is 0 Å². The van der Waals surface area contributed by atoms with Gasteiger partial charge in [0.05, 0.1) is 0 Å². The predicted molar refractivity (Wildman–Crippen MR) is 73.7 cm³/mol. The summed E-state index contributed by atoms with van der Waals surface area (Å²) in [6.45, 7) is 8.24. The van der Waals surface area contributed by atoms with Gasteiger partial charge in [-0.2, -0.15) is 0 Å². The number of carbonyl (C=O) groups is 4. The van der Waals surface area contributed by atoms with Crippen molar-refractivity contribution >= 4 is 19.7 Å². The molecule has 0 aromatic rings. The van der Waals surface area contributed by atoms with Crippen LogP contribution in [0.3, 0.4) is 0 Å². The number of carbonyl (C=O) groups excluding carboxylic acids is 4. The Bertz CT molecular complexity index is 497. The molecule has 0 heterocycles. The van der Waals surface area contributed by atoms with Crippen molar-refractivity contribution in [3.8, 4) is 0 Å². The SMILES string of the molecule is CC(=O)C[C](=O)[Ti](=[O])([O]C(C)C)([O]C(C)C)[C](=O)CC(C)=O. The van der Waals surface area contributed by atoms with Crippen LogP contribution >= 0.6 is 0 Å². The number of Topliss-reactive ketones (excluding diaryl/α,β-unsaturated/α-hetero) is 2. The van der Waals surface area contributed by atoms with Gasteiger partial charge in [0.25, 0.3) is 0 Å². The van der Waals surface area contributed by atoms with Gasteiger partial charge in [0.1, 0.15) is 0 Å². The van der Waals surface area contributed by atoms with E-state index in [2.05, 4.69) is 0 Å². The summed E-state index contributed by atoms with van der Waals surface area (Å²) in [6, 6.07) is 0. The summed E-state index contributed by atoms with van der Waals surface area (Å²) in [5.41, 5.74) is 0. The average molecular weight is 352 g/mol. The molecular formula is C14H24O7Ti. The minimum absolute atomic E-state index is 0.563. The molecule has 126 valence electrons. The maximum absolute atomic E-state index is 13.5. The van der Waals surface area contributed by atoms with E-state index < -0.39 is 60.8 Å². The van der Waals surface area contributed by atoms with E-state index in [9.17, 15) is 22.5 Å². The Morgan fingerprint density at radius 1 is 0.773 bits per heavy atom. The Morgan fingerprint density at radius 3 is 1.23 bits per heavy atom. The fourth-order valence-corrected chi connectivity index (χ4v) is 7.86. The second-order valence-electron chi connectivity index (χ2n) is 5.92. The molecule has 22 heavy (non-hydrogen) atoms. The molecule has 0 saturated heterocycles. The summed E-state index contributed by atoms with van der Waals surface area (Å²) in [4.78, 5) is 47.4. The van der Waals surface area contributed by atoms with E-state index in [-0.39, 0.29) is 0 Å². The van der Waals surface area contributed by atoms with Crippen LogP contribution in [0.5, 0.6) is 0 Å². The summed E-state index contributed by atoms with van der Waals surface area (Å²) in [7, 11) is 0. The van der Waals surface area contributed by atoms with E-state index in [1.807, 2.05) is 0 Å². The second-order valence-corrected chi connectivity index (χ2v) is 11.5. The van der Waals surface area contributed by atoms with Crippen LogP contribution in [0.2, 0.25) is 0 Å². The summed E-state index contributed by atoms with van der Waals surface area (Å²) in [5.74, 6) is -1.13. The Kier molecular flexibility index (Phi) is 7.29. The van der Waals surface area contributed by atoms with Crippen molar-refractivity contribution in [2.24, 2.45) is 0 Å². The minimum atomic E-state index is -6.57. The van der Waals surface area contributed by atoms with Crippen LogP contribution in [0.1, 0.15) is 54.4 Å². The molecule has 0 aromatic carbocycles. The van der Waals surface area contributed by atoms with E-state index in [1.165, 1.54) is 27.7 Å². The number of hydrogen-bond donors (Lipinski definition) is 0. The Balaban J connectivity index is 6.21. The van der Waals surface area contributed by atoms with Gasteiger partial charge in [-0.25, -0.2) is 0 Å². The van der Waals surface area contributed by atoms with Crippen LogP contribution in [0.25, 0.3) is 0 Å². The van der Waals surface area contributed by atoms with Crippen molar-refractivity contribution < 1.29 is 45.2 Å². The van der Waals surface area contributed by atoms with E-state index in [0.717, 1.165) is 13.8 Å². The van der Waals surface area contributed by atoms with E-state index in [4.69, 9.17) is 6.64 Å². The zero-order chi connectivity index (χ0) is 17.7. The quantitative estimate of drug-likeness (QED) is 0.435. The summed E-state index contributed by atoms with van der Waals surface area (Å²) in [5, 5.41) is 0. The Labute approximate surface area is 131 Å². The first kappa shape index (κ1) is 21.1. The molecule has 7 nitrogen and oxygen atoms in total. The van der Waals surface area contributed by atoms with Crippen molar-refractivity contribution in [3.05, 3.63) is 0 Å². The zero-order valence-electron chi connectivity index (χ0n) is 13.9. The Hall–Kier alpha value is -0.886. The first-order chi connectivity index (χ1) is 9.82. The molecule has 0 amide bonds. The van der Waals surface area contributed by atoms with Gasteiger partial charge >= 0.3 is 132 Å². The molecule has 8 heteroatoms. The maximum atomic E-state index is 13.5. The van der Waals surface area contributed by atoms with Gasteiger partial charge in [0, 0.05) is 0 Å². The fraction of sp³-hybridized carbons (Fsp3) is 0.714. The third kappa shape index (κ3) is 5.09. The molecule has 0 radical (unpaired) electrons. The van der Waals surface area contributed by atoms with Crippen molar-refractivity contribution in [2.45, 2.75) is 66.6 Å². The van der Waals surface area contributed by atoms with Crippen LogP contribution in [0, 0.1) is 0 Å². The van der Waals surface area contributed by atoms with Crippen LogP contribution in [0.4, 0.5) is 0 Å². The van der Waals surface area contributed by atoms with Crippen LogP contribution in [-0.2, 0) is 45.2 Å².